The molecule has 1 unspecified atom stereocenters. The lowest BCUT2D eigenvalue weighted by atomic mass is 10.1. The third-order valence-corrected chi connectivity index (χ3v) is 4.13. The van der Waals surface area contributed by atoms with Crippen LogP contribution in [0, 0.1) is 6.92 Å². The molecule has 1 aromatic heterocycles. The van der Waals surface area contributed by atoms with E-state index in [-0.39, 0.29) is 6.04 Å². The number of nitrogens with zero attached hydrogens (tertiary/aromatic N) is 2. The third-order valence-electron chi connectivity index (χ3n) is 4.13. The molecule has 0 aliphatic carbocycles. The van der Waals surface area contributed by atoms with Crippen LogP contribution in [0.15, 0.2) is 42.5 Å². The highest BCUT2D eigenvalue weighted by Crippen LogP contribution is 2.27. The van der Waals surface area contributed by atoms with Crippen LogP contribution in [-0.4, -0.2) is 15.6 Å². The molecule has 1 atom stereocenters. The molecule has 0 spiro atoms. The Labute approximate surface area is 130 Å². The van der Waals surface area contributed by atoms with Crippen LogP contribution in [0.4, 0.5) is 5.69 Å². The van der Waals surface area contributed by atoms with Crippen LogP contribution >= 0.6 is 0 Å². The van der Waals surface area contributed by atoms with Crippen LogP contribution in [-0.2, 0) is 6.54 Å². The van der Waals surface area contributed by atoms with Crippen molar-refractivity contribution in [1.29, 1.82) is 0 Å². The van der Waals surface area contributed by atoms with Crippen molar-refractivity contribution in [2.24, 2.45) is 5.73 Å². The van der Waals surface area contributed by atoms with Crippen LogP contribution < -0.4 is 11.5 Å². The second kappa shape index (κ2) is 5.81. The van der Waals surface area contributed by atoms with E-state index in [1.165, 1.54) is 0 Å². The van der Waals surface area contributed by atoms with Crippen molar-refractivity contribution in [2.45, 2.75) is 32.9 Å². The summed E-state index contributed by atoms with van der Waals surface area (Å²) in [4.78, 5) is 4.79. The molecule has 0 bridgehead atoms. The second-order valence-electron chi connectivity index (χ2n) is 5.77. The highest BCUT2D eigenvalue weighted by molar-refractivity contribution is 5.81. The van der Waals surface area contributed by atoms with Gasteiger partial charge in [0.05, 0.1) is 11.0 Å². The molecule has 0 fully saturated rings. The number of nitrogens with two attached hydrogens (primary N) is 2. The molecule has 4 nitrogen and oxygen atoms in total. The largest absolute Gasteiger partial charge is 0.398 e. The van der Waals surface area contributed by atoms with Crippen LogP contribution in [0.25, 0.3) is 22.4 Å². The number of imidazole rings is 1. The average Bonchev–Trinajstić information content (AvgIpc) is 2.89. The van der Waals surface area contributed by atoms with Crippen LogP contribution in [0.5, 0.6) is 0 Å². The van der Waals surface area contributed by atoms with E-state index < -0.39 is 0 Å². The van der Waals surface area contributed by atoms with Gasteiger partial charge in [-0.15, -0.1) is 0 Å². The molecule has 114 valence electrons. The maximum Gasteiger partial charge on any atom is 0.141 e. The Balaban J connectivity index is 2.18. The van der Waals surface area contributed by atoms with Gasteiger partial charge in [-0.25, -0.2) is 4.98 Å². The first kappa shape index (κ1) is 14.6. The lowest BCUT2D eigenvalue weighted by Gasteiger charge is -2.14. The SMILES string of the molecule is CCC(N)Cn1c(-c2ccc(C)c(N)c2)nc2ccccc21. The van der Waals surface area contributed by atoms with Crippen molar-refractivity contribution in [1.82, 2.24) is 9.55 Å². The Bertz CT molecular complexity index is 804. The number of aromatic nitrogens is 2. The molecule has 1 heterocycles. The Kier molecular flexibility index (Phi) is 3.86. The molecule has 22 heavy (non-hydrogen) atoms. The molecule has 0 saturated carbocycles. The van der Waals surface area contributed by atoms with Crippen LogP contribution in [0.2, 0.25) is 0 Å². The Morgan fingerprint density at radius 2 is 1.95 bits per heavy atom. The van der Waals surface area contributed by atoms with E-state index in [0.29, 0.717) is 0 Å². The molecule has 3 rings (SSSR count). The van der Waals surface area contributed by atoms with Crippen molar-refractivity contribution >= 4 is 16.7 Å². The van der Waals surface area contributed by atoms with Gasteiger partial charge in [0.15, 0.2) is 0 Å². The predicted octanol–water partition coefficient (Wildman–Crippen LogP) is 3.33. The number of rotatable bonds is 4. The minimum absolute atomic E-state index is 0.110. The first-order valence-corrected chi connectivity index (χ1v) is 7.67. The van der Waals surface area contributed by atoms with Gasteiger partial charge in [-0.05, 0) is 37.1 Å². The molecule has 0 aliphatic heterocycles. The number of hydrogen-bond donors (Lipinski definition) is 2. The van der Waals surface area contributed by atoms with Gasteiger partial charge in [-0.1, -0.05) is 31.2 Å². The summed E-state index contributed by atoms with van der Waals surface area (Å²) < 4.78 is 2.20. The minimum Gasteiger partial charge on any atom is -0.398 e. The number of anilines is 1. The number of para-hydroxylation sites is 2. The van der Waals surface area contributed by atoms with E-state index in [4.69, 9.17) is 16.5 Å². The van der Waals surface area contributed by atoms with Gasteiger partial charge in [-0.3, -0.25) is 0 Å². The number of benzene rings is 2. The third kappa shape index (κ3) is 2.57. The number of hydrogen-bond acceptors (Lipinski definition) is 3. The lowest BCUT2D eigenvalue weighted by molar-refractivity contribution is 0.551. The summed E-state index contributed by atoms with van der Waals surface area (Å²) in [7, 11) is 0. The molecular formula is C18H22N4. The van der Waals surface area contributed by atoms with Crippen molar-refractivity contribution in [3.63, 3.8) is 0 Å². The summed E-state index contributed by atoms with van der Waals surface area (Å²) in [6.45, 7) is 4.86. The molecular weight excluding hydrogens is 272 g/mol. The highest BCUT2D eigenvalue weighted by Gasteiger charge is 2.14. The van der Waals surface area contributed by atoms with E-state index in [9.17, 15) is 0 Å². The number of nitrogen functional groups attached to an aromatic ring is 1. The van der Waals surface area contributed by atoms with Gasteiger partial charge in [0.25, 0.3) is 0 Å². The van der Waals surface area contributed by atoms with Gasteiger partial charge >= 0.3 is 0 Å². The number of aryl methyl sites for hydroxylation is 1. The maximum atomic E-state index is 6.18. The maximum absolute atomic E-state index is 6.18. The van der Waals surface area contributed by atoms with Crippen molar-refractivity contribution in [3.8, 4) is 11.4 Å². The molecule has 0 saturated heterocycles. The Morgan fingerprint density at radius 3 is 2.68 bits per heavy atom. The zero-order valence-electron chi connectivity index (χ0n) is 13.1. The predicted molar refractivity (Wildman–Crippen MR) is 92.6 cm³/mol. The van der Waals surface area contributed by atoms with E-state index in [2.05, 4.69) is 23.6 Å². The van der Waals surface area contributed by atoms with E-state index >= 15 is 0 Å². The fraction of sp³-hybridized carbons (Fsp3) is 0.278. The summed E-state index contributed by atoms with van der Waals surface area (Å²) in [6.07, 6.45) is 0.933. The molecule has 4 heteroatoms. The van der Waals surface area contributed by atoms with E-state index in [0.717, 1.165) is 46.6 Å². The Hall–Kier alpha value is -2.33. The average molecular weight is 294 g/mol. The molecule has 0 amide bonds. The zero-order chi connectivity index (χ0) is 15.7. The van der Waals surface area contributed by atoms with Gasteiger partial charge in [0, 0.05) is 23.8 Å². The van der Waals surface area contributed by atoms with Gasteiger partial charge in [0.2, 0.25) is 0 Å². The fourth-order valence-electron chi connectivity index (χ4n) is 2.62. The first-order chi connectivity index (χ1) is 10.6. The van der Waals surface area contributed by atoms with Crippen LogP contribution in [0.3, 0.4) is 0 Å². The van der Waals surface area contributed by atoms with Crippen LogP contribution in [0.1, 0.15) is 18.9 Å². The normalized spacial score (nSPS) is 12.7. The Morgan fingerprint density at radius 1 is 1.18 bits per heavy atom. The van der Waals surface area contributed by atoms with E-state index in [1.807, 2.05) is 37.3 Å². The summed E-state index contributed by atoms with van der Waals surface area (Å²) in [5.74, 6) is 0.928. The van der Waals surface area contributed by atoms with Crippen molar-refractivity contribution in [3.05, 3.63) is 48.0 Å². The fourth-order valence-corrected chi connectivity index (χ4v) is 2.62. The zero-order valence-corrected chi connectivity index (χ0v) is 13.1. The minimum atomic E-state index is 0.110. The highest BCUT2D eigenvalue weighted by atomic mass is 15.1. The topological polar surface area (TPSA) is 69.9 Å². The molecule has 3 aromatic rings. The lowest BCUT2D eigenvalue weighted by Crippen LogP contribution is -2.25. The van der Waals surface area contributed by atoms with Gasteiger partial charge < -0.3 is 16.0 Å². The molecule has 4 N–H and O–H groups in total. The summed E-state index contributed by atoms with van der Waals surface area (Å²) in [5.41, 5.74) is 17.2. The summed E-state index contributed by atoms with van der Waals surface area (Å²) >= 11 is 0. The summed E-state index contributed by atoms with van der Waals surface area (Å²) in [6, 6.07) is 14.4. The smallest absolute Gasteiger partial charge is 0.141 e. The first-order valence-electron chi connectivity index (χ1n) is 7.67. The van der Waals surface area contributed by atoms with Crippen molar-refractivity contribution in [2.75, 3.05) is 5.73 Å². The van der Waals surface area contributed by atoms with Gasteiger partial charge in [0.1, 0.15) is 5.82 Å². The molecule has 0 aliphatic rings. The van der Waals surface area contributed by atoms with Crippen molar-refractivity contribution < 1.29 is 0 Å². The monoisotopic (exact) mass is 294 g/mol. The number of fused-ring (bicyclic) bond motifs is 1. The molecule has 0 radical (unpaired) electrons. The van der Waals surface area contributed by atoms with E-state index in [1.54, 1.807) is 0 Å². The van der Waals surface area contributed by atoms with Gasteiger partial charge in [-0.2, -0.15) is 0 Å². The summed E-state index contributed by atoms with van der Waals surface area (Å²) in [5, 5.41) is 0. The second-order valence-corrected chi connectivity index (χ2v) is 5.77. The standard InChI is InChI=1S/C18H22N4/c1-3-14(19)11-22-17-7-5-4-6-16(17)21-18(22)13-9-8-12(2)15(20)10-13/h4-10,14H,3,11,19-20H2,1-2H3. The molecule has 2 aromatic carbocycles. The quantitative estimate of drug-likeness (QED) is 0.725.